The minimum atomic E-state index is -1.57. The highest BCUT2D eigenvalue weighted by Gasteiger charge is 2.66. The molecule has 3 heterocycles. The first-order chi connectivity index (χ1) is 31.9. The summed E-state index contributed by atoms with van der Waals surface area (Å²) >= 11 is 0. The number of nitro benzene ring substituents is 1. The van der Waals surface area contributed by atoms with Crippen molar-refractivity contribution in [3.8, 4) is 28.7 Å². The molecule has 3 aromatic rings. The summed E-state index contributed by atoms with van der Waals surface area (Å²) in [5.41, 5.74) is 2.35. The van der Waals surface area contributed by atoms with Crippen LogP contribution < -0.4 is 23.7 Å². The molecule has 16 nitrogen and oxygen atoms in total. The molecule has 1 saturated carbocycles. The van der Waals surface area contributed by atoms with Gasteiger partial charge in [-0.1, -0.05) is 36.2 Å². The van der Waals surface area contributed by atoms with Crippen LogP contribution in [0.15, 0.2) is 90.1 Å². The van der Waals surface area contributed by atoms with Crippen molar-refractivity contribution in [1.29, 1.82) is 0 Å². The molecule has 1 amide bonds. The molecule has 0 bridgehead atoms. The minimum Gasteiger partial charge on any atom is -0.492 e. The summed E-state index contributed by atoms with van der Waals surface area (Å²) in [6.07, 6.45) is 7.74. The SMILES string of the molecule is C=CCOC12Oc3ccc(OCCN4CC4)cc3C3C(CCCCO)C(CCCCO)C=C(C(=NOC(C)(C)C)CC1N(Cc1ccc4c(c1)OCO4)C(=O)Oc1ccc([N+](=O)[O-])cc1)C32. The fraction of sp³-hybridized carbons (Fsp3) is 0.520. The van der Waals surface area contributed by atoms with Gasteiger partial charge in [-0.25, -0.2) is 4.79 Å². The van der Waals surface area contributed by atoms with Crippen molar-refractivity contribution in [2.75, 3.05) is 52.9 Å². The summed E-state index contributed by atoms with van der Waals surface area (Å²) in [6.45, 7) is 13.6. The van der Waals surface area contributed by atoms with E-state index in [4.69, 9.17) is 38.4 Å². The minimum absolute atomic E-state index is 0.000110. The van der Waals surface area contributed by atoms with Crippen molar-refractivity contribution in [2.24, 2.45) is 22.9 Å². The number of carbonyl (C=O) groups excluding carboxylic acids is 1. The number of unbranched alkanes of at least 4 members (excludes halogenated alkanes) is 2. The fourth-order valence-corrected chi connectivity index (χ4v) is 9.85. The van der Waals surface area contributed by atoms with Gasteiger partial charge >= 0.3 is 6.09 Å². The van der Waals surface area contributed by atoms with Crippen LogP contribution in [0.5, 0.6) is 28.7 Å². The maximum absolute atomic E-state index is 15.1. The van der Waals surface area contributed by atoms with E-state index in [0.29, 0.717) is 53.7 Å². The van der Waals surface area contributed by atoms with Crippen LogP contribution >= 0.6 is 0 Å². The number of aliphatic hydroxyl groups excluding tert-OH is 2. The lowest BCUT2D eigenvalue weighted by molar-refractivity contribution is -0.384. The number of benzene rings is 3. The van der Waals surface area contributed by atoms with E-state index >= 15 is 4.79 Å². The van der Waals surface area contributed by atoms with Crippen molar-refractivity contribution in [3.63, 3.8) is 0 Å². The summed E-state index contributed by atoms with van der Waals surface area (Å²) in [7, 11) is 0. The quantitative estimate of drug-likeness (QED) is 0.0344. The Labute approximate surface area is 385 Å². The maximum Gasteiger partial charge on any atom is 0.416 e. The van der Waals surface area contributed by atoms with E-state index in [0.717, 1.165) is 56.5 Å². The molecule has 6 atom stereocenters. The van der Waals surface area contributed by atoms with Gasteiger partial charge in [-0.2, -0.15) is 0 Å². The molecule has 66 heavy (non-hydrogen) atoms. The Balaban J connectivity index is 1.32. The molecule has 354 valence electrons. The molecule has 0 aromatic heterocycles. The number of non-ortho nitro benzene ring substituents is 1. The number of allylic oxidation sites excluding steroid dienone is 1. The van der Waals surface area contributed by atoms with Gasteiger partial charge in [-0.05, 0) is 112 Å². The molecule has 0 spiro atoms. The lowest BCUT2D eigenvalue weighted by Gasteiger charge is -2.60. The zero-order chi connectivity index (χ0) is 46.4. The number of carbonyl (C=O) groups is 1. The third kappa shape index (κ3) is 10.5. The van der Waals surface area contributed by atoms with Gasteiger partial charge in [-0.3, -0.25) is 19.9 Å². The maximum atomic E-state index is 15.1. The van der Waals surface area contributed by atoms with Crippen LogP contribution in [0, 0.1) is 27.9 Å². The summed E-state index contributed by atoms with van der Waals surface area (Å²) in [5, 5.41) is 36.5. The summed E-state index contributed by atoms with van der Waals surface area (Å²) in [6, 6.07) is 15.9. The van der Waals surface area contributed by atoms with E-state index in [1.54, 1.807) is 17.0 Å². The van der Waals surface area contributed by atoms with Crippen molar-refractivity contribution >= 4 is 17.5 Å². The summed E-state index contributed by atoms with van der Waals surface area (Å²) < 4.78 is 38.5. The Morgan fingerprint density at radius 1 is 0.985 bits per heavy atom. The van der Waals surface area contributed by atoms with Gasteiger partial charge in [0.2, 0.25) is 12.6 Å². The zero-order valence-corrected chi connectivity index (χ0v) is 38.1. The molecule has 3 aromatic carbocycles. The first kappa shape index (κ1) is 46.8. The van der Waals surface area contributed by atoms with Crippen molar-refractivity contribution < 1.29 is 53.2 Å². The van der Waals surface area contributed by atoms with Crippen LogP contribution in [0.1, 0.15) is 82.8 Å². The van der Waals surface area contributed by atoms with Crippen molar-refractivity contribution in [1.82, 2.24) is 9.80 Å². The van der Waals surface area contributed by atoms with Crippen LogP contribution in [0.3, 0.4) is 0 Å². The lowest BCUT2D eigenvalue weighted by Crippen LogP contribution is -2.70. The molecule has 2 fully saturated rings. The van der Waals surface area contributed by atoms with Gasteiger partial charge in [-0.15, -0.1) is 6.58 Å². The molecule has 6 unspecified atom stereocenters. The third-order valence-corrected chi connectivity index (χ3v) is 12.9. The largest absolute Gasteiger partial charge is 0.492 e. The number of rotatable bonds is 21. The van der Waals surface area contributed by atoms with E-state index in [9.17, 15) is 20.3 Å². The second kappa shape index (κ2) is 20.5. The van der Waals surface area contributed by atoms with Gasteiger partial charge in [0.25, 0.3) is 5.69 Å². The van der Waals surface area contributed by atoms with E-state index in [1.165, 1.54) is 24.3 Å². The summed E-state index contributed by atoms with van der Waals surface area (Å²) in [4.78, 5) is 36.4. The fourth-order valence-electron chi connectivity index (χ4n) is 9.85. The van der Waals surface area contributed by atoms with E-state index in [1.807, 2.05) is 45.0 Å². The molecule has 0 radical (unpaired) electrons. The number of nitrogens with zero attached hydrogens (tertiary/aromatic N) is 4. The predicted molar refractivity (Wildman–Crippen MR) is 245 cm³/mol. The first-order valence-electron chi connectivity index (χ1n) is 23.1. The van der Waals surface area contributed by atoms with Crippen LogP contribution in [-0.2, 0) is 16.1 Å². The number of hydrogen-bond donors (Lipinski definition) is 2. The molecule has 1 saturated heterocycles. The Morgan fingerprint density at radius 3 is 2.42 bits per heavy atom. The summed E-state index contributed by atoms with van der Waals surface area (Å²) in [5.74, 6) is 0.149. The van der Waals surface area contributed by atoms with Crippen LogP contribution in [0.25, 0.3) is 0 Å². The van der Waals surface area contributed by atoms with Gasteiger partial charge in [0.05, 0.1) is 23.2 Å². The van der Waals surface area contributed by atoms with E-state index < -0.39 is 34.4 Å². The number of nitro groups is 1. The number of ether oxygens (including phenoxy) is 6. The number of amides is 1. The Bertz CT molecular complexity index is 2270. The number of fused-ring (bicyclic) bond motifs is 3. The number of aliphatic hydroxyl groups is 2. The highest BCUT2D eigenvalue weighted by Crippen LogP contribution is 2.62. The second-order valence-electron chi connectivity index (χ2n) is 18.6. The molecule has 8 rings (SSSR count). The smallest absolute Gasteiger partial charge is 0.416 e. The number of hydrogen-bond acceptors (Lipinski definition) is 14. The molecule has 2 aliphatic carbocycles. The number of oxime groups is 1. The molecule has 3 aliphatic heterocycles. The van der Waals surface area contributed by atoms with Crippen LogP contribution in [-0.4, -0.2) is 107 Å². The molecular weight excluding hydrogens is 849 g/mol. The van der Waals surface area contributed by atoms with Crippen LogP contribution in [0.2, 0.25) is 0 Å². The highest BCUT2D eigenvalue weighted by atomic mass is 16.7. The average Bonchev–Trinajstić information content (AvgIpc) is 4.01. The third-order valence-electron chi connectivity index (χ3n) is 12.9. The van der Waals surface area contributed by atoms with Gasteiger partial charge < -0.3 is 43.5 Å². The van der Waals surface area contributed by atoms with Crippen molar-refractivity contribution in [3.05, 3.63) is 106 Å². The Kier molecular flexibility index (Phi) is 14.5. The predicted octanol–water partition coefficient (Wildman–Crippen LogP) is 8.15. The van der Waals surface area contributed by atoms with Crippen LogP contribution in [0.4, 0.5) is 10.5 Å². The normalized spacial score (nSPS) is 24.3. The van der Waals surface area contributed by atoms with Gasteiger partial charge in [0, 0.05) is 69.4 Å². The Hall–Kier alpha value is -5.68. The lowest BCUT2D eigenvalue weighted by atomic mass is 9.55. The molecule has 5 aliphatic rings. The molecule has 2 N–H and O–H groups in total. The monoisotopic (exact) mass is 910 g/mol. The van der Waals surface area contributed by atoms with E-state index in [2.05, 4.69) is 23.6 Å². The highest BCUT2D eigenvalue weighted by molar-refractivity contribution is 6.03. The zero-order valence-electron chi connectivity index (χ0n) is 38.1. The topological polar surface area (TPSA) is 184 Å². The standard InChI is InChI=1S/C50H62N4O12/c1-5-25-63-50-45(53(31-33-12-18-43-44(27-33)62-32-61-43)48(57)64-36-15-13-35(14-16-36)54(58)59)30-41(51-66-49(2,3)4)39-28-34(10-6-8-23-55)38(11-7-9-24-56)46(47(39)50)40-29-37(17-19-42(40)65-50)60-26-22-52-20-21-52/h5,12-19,27-29,34,38,45-47,55-56H,1,6-11,20-26,30-32H2,2-4H3. The van der Waals surface area contributed by atoms with Gasteiger partial charge in [0.1, 0.15) is 35.5 Å². The van der Waals surface area contributed by atoms with E-state index in [-0.39, 0.29) is 68.8 Å². The van der Waals surface area contributed by atoms with Crippen molar-refractivity contribution in [2.45, 2.75) is 95.6 Å². The Morgan fingerprint density at radius 2 is 1.71 bits per heavy atom. The first-order valence-corrected chi connectivity index (χ1v) is 23.1. The second-order valence-corrected chi connectivity index (χ2v) is 18.6. The average molecular weight is 911 g/mol. The van der Waals surface area contributed by atoms with Gasteiger partial charge in [0.15, 0.2) is 11.5 Å². The molecule has 16 heteroatoms. The molecular formula is C50H62N4O12.